The Bertz CT molecular complexity index is 402. The van der Waals surface area contributed by atoms with Gasteiger partial charge in [-0.05, 0) is 19.8 Å². The van der Waals surface area contributed by atoms with E-state index in [2.05, 4.69) is 35.8 Å². The highest BCUT2D eigenvalue weighted by molar-refractivity contribution is 7.18. The zero-order valence-electron chi connectivity index (χ0n) is 10.5. The SMILES string of the molecule is CCC(C)(CC)Nc1nc(Cl)c(C(=O)OC)s1. The molecule has 1 heterocycles. The summed E-state index contributed by atoms with van der Waals surface area (Å²) in [6.07, 6.45) is 1.93. The molecule has 0 spiro atoms. The molecule has 96 valence electrons. The number of rotatable bonds is 5. The van der Waals surface area contributed by atoms with Gasteiger partial charge in [-0.15, -0.1) is 0 Å². The quantitative estimate of drug-likeness (QED) is 0.835. The molecule has 4 nitrogen and oxygen atoms in total. The molecule has 0 bridgehead atoms. The summed E-state index contributed by atoms with van der Waals surface area (Å²) in [4.78, 5) is 15.9. The van der Waals surface area contributed by atoms with Crippen LogP contribution in [0.4, 0.5) is 5.13 Å². The molecule has 0 unspecified atom stereocenters. The van der Waals surface area contributed by atoms with Crippen molar-refractivity contribution in [3.05, 3.63) is 10.0 Å². The Hall–Kier alpha value is -0.810. The minimum atomic E-state index is -0.449. The van der Waals surface area contributed by atoms with Gasteiger partial charge in [-0.25, -0.2) is 9.78 Å². The average molecular weight is 277 g/mol. The molecule has 1 rings (SSSR count). The van der Waals surface area contributed by atoms with Gasteiger partial charge in [0.1, 0.15) is 0 Å². The lowest BCUT2D eigenvalue weighted by Gasteiger charge is -2.27. The Morgan fingerprint density at radius 3 is 2.59 bits per heavy atom. The number of anilines is 1. The van der Waals surface area contributed by atoms with Crippen LogP contribution in [0.1, 0.15) is 43.3 Å². The minimum Gasteiger partial charge on any atom is -0.465 e. The van der Waals surface area contributed by atoms with Crippen LogP contribution < -0.4 is 5.32 Å². The summed E-state index contributed by atoms with van der Waals surface area (Å²) >= 11 is 7.11. The Morgan fingerprint density at radius 2 is 2.12 bits per heavy atom. The molecule has 1 N–H and O–H groups in total. The smallest absolute Gasteiger partial charge is 0.351 e. The maximum absolute atomic E-state index is 11.4. The number of carbonyl (C=O) groups is 1. The van der Waals surface area contributed by atoms with E-state index in [1.54, 1.807) is 0 Å². The highest BCUT2D eigenvalue weighted by Crippen LogP contribution is 2.30. The Labute approximate surface area is 110 Å². The van der Waals surface area contributed by atoms with Gasteiger partial charge in [-0.3, -0.25) is 0 Å². The summed E-state index contributed by atoms with van der Waals surface area (Å²) in [5, 5.41) is 4.16. The standard InChI is InChI=1S/C11H17ClN2O2S/c1-5-11(3,6-2)14-10-13-8(12)7(17-10)9(15)16-4/h5-6H2,1-4H3,(H,13,14). The number of aromatic nitrogens is 1. The third-order valence-corrected chi connectivity index (χ3v) is 4.26. The lowest BCUT2D eigenvalue weighted by Crippen LogP contribution is -2.32. The van der Waals surface area contributed by atoms with E-state index in [1.807, 2.05) is 0 Å². The lowest BCUT2D eigenvalue weighted by atomic mass is 9.96. The molecule has 0 fully saturated rings. The van der Waals surface area contributed by atoms with Crippen molar-refractivity contribution in [2.75, 3.05) is 12.4 Å². The highest BCUT2D eigenvalue weighted by atomic mass is 35.5. The van der Waals surface area contributed by atoms with Crippen LogP contribution in [0.5, 0.6) is 0 Å². The third-order valence-electron chi connectivity index (χ3n) is 2.93. The van der Waals surface area contributed by atoms with Gasteiger partial charge >= 0.3 is 5.97 Å². The van der Waals surface area contributed by atoms with Crippen molar-refractivity contribution in [2.45, 2.75) is 39.2 Å². The first-order chi connectivity index (χ1) is 7.95. The predicted molar refractivity (Wildman–Crippen MR) is 71.1 cm³/mol. The fourth-order valence-electron chi connectivity index (χ4n) is 1.26. The lowest BCUT2D eigenvalue weighted by molar-refractivity contribution is 0.0606. The normalized spacial score (nSPS) is 11.4. The summed E-state index contributed by atoms with van der Waals surface area (Å²) in [6, 6.07) is 0. The second kappa shape index (κ2) is 5.69. The van der Waals surface area contributed by atoms with Crippen molar-refractivity contribution in [2.24, 2.45) is 0 Å². The van der Waals surface area contributed by atoms with Gasteiger partial charge in [-0.2, -0.15) is 0 Å². The Morgan fingerprint density at radius 1 is 1.53 bits per heavy atom. The van der Waals surface area contributed by atoms with Crippen LogP contribution in [0, 0.1) is 0 Å². The molecule has 0 aliphatic rings. The molecule has 0 saturated carbocycles. The monoisotopic (exact) mass is 276 g/mol. The van der Waals surface area contributed by atoms with E-state index in [9.17, 15) is 4.79 Å². The van der Waals surface area contributed by atoms with E-state index < -0.39 is 5.97 Å². The van der Waals surface area contributed by atoms with Crippen molar-refractivity contribution in [1.82, 2.24) is 4.98 Å². The topological polar surface area (TPSA) is 51.2 Å². The summed E-state index contributed by atoms with van der Waals surface area (Å²) in [5.74, 6) is -0.449. The van der Waals surface area contributed by atoms with Crippen LogP contribution in [0.2, 0.25) is 5.15 Å². The van der Waals surface area contributed by atoms with Gasteiger partial charge < -0.3 is 10.1 Å². The van der Waals surface area contributed by atoms with E-state index >= 15 is 0 Å². The fourth-order valence-corrected chi connectivity index (χ4v) is 2.51. The van der Waals surface area contributed by atoms with Crippen molar-refractivity contribution in [3.63, 3.8) is 0 Å². The molecular formula is C11H17ClN2O2S. The largest absolute Gasteiger partial charge is 0.465 e. The number of hydrogen-bond acceptors (Lipinski definition) is 5. The van der Waals surface area contributed by atoms with Gasteiger partial charge in [-0.1, -0.05) is 36.8 Å². The molecular weight excluding hydrogens is 260 g/mol. The van der Waals surface area contributed by atoms with Crippen molar-refractivity contribution in [3.8, 4) is 0 Å². The van der Waals surface area contributed by atoms with Gasteiger partial charge in [0.15, 0.2) is 15.2 Å². The molecule has 0 aliphatic carbocycles. The van der Waals surface area contributed by atoms with Crippen LogP contribution >= 0.6 is 22.9 Å². The third kappa shape index (κ3) is 3.33. The highest BCUT2D eigenvalue weighted by Gasteiger charge is 2.23. The molecule has 6 heteroatoms. The number of ether oxygens (including phenoxy) is 1. The molecule has 0 saturated heterocycles. The minimum absolute atomic E-state index is 0.0332. The van der Waals surface area contributed by atoms with Crippen molar-refractivity contribution in [1.29, 1.82) is 0 Å². The second-order valence-electron chi connectivity index (χ2n) is 4.02. The zero-order valence-corrected chi connectivity index (χ0v) is 12.0. The van der Waals surface area contributed by atoms with Gasteiger partial charge in [0.2, 0.25) is 0 Å². The molecule has 0 aromatic carbocycles. The van der Waals surface area contributed by atoms with Crippen LogP contribution in [0.25, 0.3) is 0 Å². The van der Waals surface area contributed by atoms with Gasteiger partial charge in [0.25, 0.3) is 0 Å². The first-order valence-corrected chi connectivity index (χ1v) is 6.68. The summed E-state index contributed by atoms with van der Waals surface area (Å²) in [5.41, 5.74) is -0.0332. The Balaban J connectivity index is 2.91. The second-order valence-corrected chi connectivity index (χ2v) is 5.38. The van der Waals surface area contributed by atoms with E-state index in [0.717, 1.165) is 12.8 Å². The number of hydrogen-bond donors (Lipinski definition) is 1. The Kier molecular flexibility index (Phi) is 4.77. The number of carbonyl (C=O) groups excluding carboxylic acids is 1. The fraction of sp³-hybridized carbons (Fsp3) is 0.636. The molecule has 17 heavy (non-hydrogen) atoms. The molecule has 1 aromatic heterocycles. The number of nitrogens with one attached hydrogen (secondary N) is 1. The molecule has 0 amide bonds. The maximum atomic E-state index is 11.4. The molecule has 0 aliphatic heterocycles. The van der Waals surface area contributed by atoms with E-state index in [0.29, 0.717) is 10.0 Å². The number of methoxy groups -OCH3 is 1. The summed E-state index contributed by atoms with van der Waals surface area (Å²) < 4.78 is 4.63. The van der Waals surface area contributed by atoms with Crippen LogP contribution in [-0.4, -0.2) is 23.6 Å². The summed E-state index contributed by atoms with van der Waals surface area (Å²) in [6.45, 7) is 6.32. The first kappa shape index (κ1) is 14.3. The number of esters is 1. The summed E-state index contributed by atoms with van der Waals surface area (Å²) in [7, 11) is 1.33. The van der Waals surface area contributed by atoms with Gasteiger partial charge in [0.05, 0.1) is 7.11 Å². The zero-order chi connectivity index (χ0) is 13.1. The van der Waals surface area contributed by atoms with Crippen molar-refractivity contribution < 1.29 is 9.53 Å². The van der Waals surface area contributed by atoms with Crippen LogP contribution in [0.15, 0.2) is 0 Å². The molecule has 0 atom stereocenters. The maximum Gasteiger partial charge on any atom is 0.351 e. The molecule has 0 radical (unpaired) electrons. The van der Waals surface area contributed by atoms with E-state index in [-0.39, 0.29) is 10.7 Å². The average Bonchev–Trinajstić information content (AvgIpc) is 2.68. The van der Waals surface area contributed by atoms with Crippen molar-refractivity contribution >= 4 is 34.0 Å². The number of halogens is 1. The van der Waals surface area contributed by atoms with E-state index in [1.165, 1.54) is 18.4 Å². The van der Waals surface area contributed by atoms with E-state index in [4.69, 9.17) is 11.6 Å². The van der Waals surface area contributed by atoms with Gasteiger partial charge in [0, 0.05) is 5.54 Å². The van der Waals surface area contributed by atoms with Crippen LogP contribution in [0.3, 0.4) is 0 Å². The number of thiazole rings is 1. The first-order valence-electron chi connectivity index (χ1n) is 5.48. The molecule has 1 aromatic rings. The predicted octanol–water partition coefficient (Wildman–Crippen LogP) is 3.57. The van der Waals surface area contributed by atoms with Crippen LogP contribution in [-0.2, 0) is 4.74 Å². The number of nitrogens with zero attached hydrogens (tertiary/aromatic N) is 1.